The Morgan fingerprint density at radius 1 is 1.39 bits per heavy atom. The maximum absolute atomic E-state index is 11.2. The summed E-state index contributed by atoms with van der Waals surface area (Å²) in [4.78, 5) is 23.6. The second-order valence-corrected chi connectivity index (χ2v) is 5.72. The fourth-order valence-electron chi connectivity index (χ4n) is 2.52. The molecular formula is C13H15ClN4O5. The van der Waals surface area contributed by atoms with Gasteiger partial charge in [0.05, 0.1) is 19.4 Å². The molecule has 0 unspecified atom stereocenters. The molecule has 1 aliphatic rings. The molecule has 2 aromatic rings. The van der Waals surface area contributed by atoms with Crippen molar-refractivity contribution in [1.82, 2.24) is 19.5 Å². The van der Waals surface area contributed by atoms with E-state index in [0.29, 0.717) is 0 Å². The van der Waals surface area contributed by atoms with Crippen LogP contribution < -0.4 is 0 Å². The fraction of sp³-hybridized carbons (Fsp3) is 0.538. The van der Waals surface area contributed by atoms with Gasteiger partial charge in [0.15, 0.2) is 17.0 Å². The molecule has 10 heteroatoms. The molecule has 0 spiro atoms. The second-order valence-electron chi connectivity index (χ2n) is 5.36. The molecule has 0 radical (unpaired) electrons. The Morgan fingerprint density at radius 2 is 2.13 bits per heavy atom. The van der Waals surface area contributed by atoms with Crippen LogP contribution in [0.15, 0.2) is 6.33 Å². The van der Waals surface area contributed by atoms with Crippen molar-refractivity contribution in [3.8, 4) is 0 Å². The first-order valence-corrected chi connectivity index (χ1v) is 7.31. The smallest absolute Gasteiger partial charge is 0.167 e. The zero-order chi connectivity index (χ0) is 16.7. The standard InChI is InChI=1S/C13H15ClN4O5/c1-5(20)2-7-16-11(14)8-12(17-7)18(4-15-8)13-10(22)9(21)6(3-19)23-13/h4,6,9-10,13,19,21-22H,2-3H2,1H3/t6-,9-,10-,13-/m1/s1. The van der Waals surface area contributed by atoms with E-state index in [4.69, 9.17) is 21.4 Å². The van der Waals surface area contributed by atoms with Gasteiger partial charge in [-0.3, -0.25) is 9.36 Å². The van der Waals surface area contributed by atoms with Gasteiger partial charge in [-0.25, -0.2) is 15.0 Å². The van der Waals surface area contributed by atoms with Crippen molar-refractivity contribution in [2.75, 3.05) is 6.61 Å². The summed E-state index contributed by atoms with van der Waals surface area (Å²) in [5.74, 6) is 0.0999. The first kappa shape index (κ1) is 16.2. The lowest BCUT2D eigenvalue weighted by atomic mass is 10.1. The lowest BCUT2D eigenvalue weighted by Gasteiger charge is -2.16. The maximum atomic E-state index is 11.2. The fourth-order valence-corrected chi connectivity index (χ4v) is 2.75. The van der Waals surface area contributed by atoms with Crippen molar-refractivity contribution in [1.29, 1.82) is 0 Å². The lowest BCUT2D eigenvalue weighted by Crippen LogP contribution is -2.33. The number of hydrogen-bond acceptors (Lipinski definition) is 8. The Kier molecular flexibility index (Phi) is 4.30. The van der Waals surface area contributed by atoms with Crippen LogP contribution in [0.3, 0.4) is 0 Å². The largest absolute Gasteiger partial charge is 0.394 e. The average molecular weight is 343 g/mol. The van der Waals surface area contributed by atoms with Crippen molar-refractivity contribution in [3.05, 3.63) is 17.3 Å². The number of aromatic nitrogens is 4. The molecule has 1 fully saturated rings. The number of ketones is 1. The molecule has 0 aromatic carbocycles. The highest BCUT2D eigenvalue weighted by Gasteiger charge is 2.44. The number of rotatable bonds is 4. The molecule has 2 aromatic heterocycles. The van der Waals surface area contributed by atoms with Gasteiger partial charge in [-0.2, -0.15) is 0 Å². The molecule has 4 atom stereocenters. The molecular weight excluding hydrogens is 328 g/mol. The predicted molar refractivity (Wildman–Crippen MR) is 77.7 cm³/mol. The highest BCUT2D eigenvalue weighted by atomic mass is 35.5. The molecule has 23 heavy (non-hydrogen) atoms. The van der Waals surface area contributed by atoms with E-state index in [1.165, 1.54) is 17.8 Å². The summed E-state index contributed by atoms with van der Waals surface area (Å²) in [6.07, 6.45) is -3.05. The predicted octanol–water partition coefficient (Wildman–Crippen LogP) is -0.777. The van der Waals surface area contributed by atoms with E-state index < -0.39 is 31.1 Å². The van der Waals surface area contributed by atoms with E-state index in [1.807, 2.05) is 0 Å². The number of halogens is 1. The third kappa shape index (κ3) is 2.81. The van der Waals surface area contributed by atoms with Gasteiger partial charge in [0.25, 0.3) is 0 Å². The van der Waals surface area contributed by atoms with Gasteiger partial charge in [0.1, 0.15) is 35.4 Å². The maximum Gasteiger partial charge on any atom is 0.167 e. The van der Waals surface area contributed by atoms with Crippen molar-refractivity contribution in [2.24, 2.45) is 0 Å². The summed E-state index contributed by atoms with van der Waals surface area (Å²) in [5.41, 5.74) is 0.563. The van der Waals surface area contributed by atoms with E-state index in [0.717, 1.165) is 0 Å². The molecule has 0 saturated carbocycles. The monoisotopic (exact) mass is 342 g/mol. The van der Waals surface area contributed by atoms with Crippen LogP contribution >= 0.6 is 11.6 Å². The number of hydrogen-bond donors (Lipinski definition) is 3. The zero-order valence-electron chi connectivity index (χ0n) is 12.1. The van der Waals surface area contributed by atoms with Gasteiger partial charge >= 0.3 is 0 Å². The van der Waals surface area contributed by atoms with Crippen LogP contribution in [0.4, 0.5) is 0 Å². The van der Waals surface area contributed by atoms with E-state index in [9.17, 15) is 15.0 Å². The molecule has 3 heterocycles. The van der Waals surface area contributed by atoms with Gasteiger partial charge in [-0.05, 0) is 6.92 Å². The van der Waals surface area contributed by atoms with Gasteiger partial charge in [-0.15, -0.1) is 0 Å². The van der Waals surface area contributed by atoms with Gasteiger partial charge < -0.3 is 20.1 Å². The highest BCUT2D eigenvalue weighted by molar-refractivity contribution is 6.33. The highest BCUT2D eigenvalue weighted by Crippen LogP contribution is 2.32. The van der Waals surface area contributed by atoms with Crippen LogP contribution in [0.25, 0.3) is 11.2 Å². The minimum absolute atomic E-state index is 0.0107. The first-order chi connectivity index (χ1) is 10.9. The number of ether oxygens (including phenoxy) is 1. The first-order valence-electron chi connectivity index (χ1n) is 6.93. The Labute approximate surface area is 135 Å². The summed E-state index contributed by atoms with van der Waals surface area (Å²) in [7, 11) is 0. The quantitative estimate of drug-likeness (QED) is 0.617. The Bertz CT molecular complexity index is 751. The molecule has 9 nitrogen and oxygen atoms in total. The summed E-state index contributed by atoms with van der Waals surface area (Å²) in [6.45, 7) is 0.970. The van der Waals surface area contributed by atoms with Crippen molar-refractivity contribution in [3.63, 3.8) is 0 Å². The van der Waals surface area contributed by atoms with Crippen molar-refractivity contribution >= 4 is 28.5 Å². The molecule has 3 N–H and O–H groups in total. The number of fused-ring (bicyclic) bond motifs is 1. The number of aliphatic hydroxyl groups is 3. The van der Waals surface area contributed by atoms with Crippen LogP contribution in [0, 0.1) is 0 Å². The van der Waals surface area contributed by atoms with E-state index in [1.54, 1.807) is 0 Å². The third-order valence-electron chi connectivity index (χ3n) is 3.62. The number of nitrogens with zero attached hydrogens (tertiary/aromatic N) is 4. The number of carbonyl (C=O) groups is 1. The Balaban J connectivity index is 2.05. The van der Waals surface area contributed by atoms with E-state index in [2.05, 4.69) is 15.0 Å². The van der Waals surface area contributed by atoms with Crippen molar-refractivity contribution < 1.29 is 24.9 Å². The molecule has 124 valence electrons. The third-order valence-corrected chi connectivity index (χ3v) is 3.89. The van der Waals surface area contributed by atoms with Gasteiger partial charge in [0.2, 0.25) is 0 Å². The SMILES string of the molecule is CC(=O)Cc1nc(Cl)c2ncn([C@@H]3O[C@H](CO)[C@@H](O)[C@H]3O)c2n1. The Hall–Kier alpha value is -1.65. The number of carbonyl (C=O) groups excluding carboxylic acids is 1. The minimum Gasteiger partial charge on any atom is -0.394 e. The molecule has 1 saturated heterocycles. The zero-order valence-corrected chi connectivity index (χ0v) is 12.9. The van der Waals surface area contributed by atoms with Gasteiger partial charge in [0, 0.05) is 0 Å². The van der Waals surface area contributed by atoms with Crippen LogP contribution in [0.2, 0.25) is 5.15 Å². The Morgan fingerprint density at radius 3 is 2.74 bits per heavy atom. The van der Waals surface area contributed by atoms with E-state index >= 15 is 0 Å². The molecule has 0 aliphatic carbocycles. The van der Waals surface area contributed by atoms with Crippen molar-refractivity contribution in [2.45, 2.75) is 37.9 Å². The van der Waals surface area contributed by atoms with Crippen LogP contribution in [-0.4, -0.2) is 65.5 Å². The van der Waals surface area contributed by atoms with Gasteiger partial charge in [-0.1, -0.05) is 11.6 Å². The van der Waals surface area contributed by atoms with Crippen LogP contribution in [0.1, 0.15) is 19.0 Å². The summed E-state index contributed by atoms with van der Waals surface area (Å²) >= 11 is 6.06. The minimum atomic E-state index is -1.27. The van der Waals surface area contributed by atoms with Crippen LogP contribution in [0.5, 0.6) is 0 Å². The number of aliphatic hydroxyl groups excluding tert-OH is 3. The topological polar surface area (TPSA) is 131 Å². The van der Waals surface area contributed by atoms with Crippen LogP contribution in [-0.2, 0) is 16.0 Å². The summed E-state index contributed by atoms with van der Waals surface area (Å²) in [5, 5.41) is 29.2. The summed E-state index contributed by atoms with van der Waals surface area (Å²) < 4.78 is 6.85. The lowest BCUT2D eigenvalue weighted by molar-refractivity contribution is -0.116. The molecule has 0 bridgehead atoms. The molecule has 3 rings (SSSR count). The number of imidazole rings is 1. The second kappa shape index (κ2) is 6.10. The normalized spacial score (nSPS) is 27.7. The molecule has 0 amide bonds. The number of Topliss-reactive ketones (excluding diaryl/α,β-unsaturated/α-hetero) is 1. The van der Waals surface area contributed by atoms with E-state index in [-0.39, 0.29) is 34.3 Å². The summed E-state index contributed by atoms with van der Waals surface area (Å²) in [6, 6.07) is 0. The molecule has 1 aliphatic heterocycles. The average Bonchev–Trinajstić information content (AvgIpc) is 3.01.